The van der Waals surface area contributed by atoms with E-state index in [1.54, 1.807) is 54.3 Å². The van der Waals surface area contributed by atoms with Crippen LogP contribution in [0, 0.1) is 28.7 Å². The minimum atomic E-state index is -3.00. The first-order valence-electron chi connectivity index (χ1n) is 44.0. The molecule has 0 aromatic heterocycles. The summed E-state index contributed by atoms with van der Waals surface area (Å²) in [5.74, 6) is -5.82. The second kappa shape index (κ2) is 49.4. The van der Waals surface area contributed by atoms with Crippen molar-refractivity contribution < 1.29 is 60.7 Å². The molecule has 5 atom stereocenters. The number of benzene rings is 8. The van der Waals surface area contributed by atoms with Crippen molar-refractivity contribution in [1.82, 2.24) is 39.6 Å². The number of nitrogens with one attached hydrogen (secondary N) is 5. The number of esters is 2. The number of carbonyl (C=O) groups is 6. The Morgan fingerprint density at radius 1 is 0.512 bits per heavy atom. The van der Waals surface area contributed by atoms with Crippen molar-refractivity contribution in [3.63, 3.8) is 0 Å². The molecule has 23 nitrogen and oxygen atoms in total. The average Bonchev–Trinajstić information content (AvgIpc) is 0.829. The van der Waals surface area contributed by atoms with Crippen LogP contribution >= 0.6 is 0 Å². The van der Waals surface area contributed by atoms with Crippen LogP contribution in [0.2, 0.25) is 0 Å². The molecule has 8 aromatic carbocycles. The van der Waals surface area contributed by atoms with Gasteiger partial charge in [-0.3, -0.25) is 19.8 Å². The number of rotatable bonds is 29. The molecule has 0 spiro atoms. The Labute approximate surface area is 735 Å². The van der Waals surface area contributed by atoms with Crippen molar-refractivity contribution in [2.24, 2.45) is 0 Å². The minimum Gasteiger partial charge on any atom is -0.465 e. The number of anilines is 4. The number of likely N-dealkylation sites (tertiary alicyclic amines) is 4. The standard InChI is InChI=1S/C26H35N3O3.C25H34N4O3.C24H31F2N3O.C23H27F2N3O3/c1-4-8-20(2)28-17-15-24(16-18-28)29(19-21-9-6-5-7-10-21)26(31)27-23-13-11-22(12-14-23)25(30)32-3;1-4-9-19(2)27-16-14-22(15-17-27)28(18-21-10-6-5-7-11-21)25(30)26-23-12-8-13-24(20(23)3)29(31)32;1-3-8-18(2)28-15-13-20(14-16-28)29(17-19-9-5-4-6-10-19)24(30)27-22-12-7-11-21(25)23(22)26;1-16(29)31-21-15-28(14-17-7-4-3-5-8-17)12-11-20(21)27-22(30)26-19-10-6-9-18(13-19)23(2,24)25/h5-7,9-14,20,24H,4,8,15-19H2,1-3H3,(H,27,31);5-8,10-13,19,22H,4,9,14-18H2,1-3H3,(H,26,30);4-7,9-12,18,20H,3,8,13-17H2,1-2H3,(H,27,30);3-10,13,20-21H,11-12,14-15H2,1-2H3,(H2,26,27,30)/t;;;20-,21-/m...0/s1. The van der Waals surface area contributed by atoms with E-state index in [-0.39, 0.29) is 58.9 Å². The summed E-state index contributed by atoms with van der Waals surface area (Å²) in [6.07, 6.45) is 12.7. The molecule has 0 aliphatic carbocycles. The quantitative estimate of drug-likeness (QED) is 0.0127. The summed E-state index contributed by atoms with van der Waals surface area (Å²) in [5.41, 5.74) is 6.38. The van der Waals surface area contributed by atoms with Crippen LogP contribution in [0.25, 0.3) is 0 Å². The predicted octanol–water partition coefficient (Wildman–Crippen LogP) is 20.5. The van der Waals surface area contributed by atoms with Gasteiger partial charge in [-0.05, 0) is 169 Å². The second-order valence-electron chi connectivity index (χ2n) is 33.1. The third-order valence-corrected chi connectivity index (χ3v) is 23.8. The zero-order valence-corrected chi connectivity index (χ0v) is 74.1. The summed E-state index contributed by atoms with van der Waals surface area (Å²) in [6.45, 7) is 26.5. The predicted molar refractivity (Wildman–Crippen MR) is 486 cm³/mol. The number of nitro benzene ring substituents is 1. The lowest BCUT2D eigenvalue weighted by atomic mass is 10.00. The number of alkyl halides is 2. The average molecular weight is 1720 g/mol. The molecule has 0 bridgehead atoms. The molecule has 27 heteroatoms. The van der Waals surface area contributed by atoms with E-state index in [0.29, 0.717) is 73.2 Å². The zero-order chi connectivity index (χ0) is 90.0. The van der Waals surface area contributed by atoms with Gasteiger partial charge in [0.1, 0.15) is 6.10 Å². The molecule has 0 radical (unpaired) electrons. The van der Waals surface area contributed by atoms with Crippen LogP contribution in [-0.4, -0.2) is 183 Å². The largest absolute Gasteiger partial charge is 0.465 e. The highest BCUT2D eigenvalue weighted by Gasteiger charge is 2.37. The molecule has 4 aliphatic heterocycles. The van der Waals surface area contributed by atoms with Crippen molar-refractivity contribution in [2.75, 3.05) is 80.7 Å². The number of amides is 8. The van der Waals surface area contributed by atoms with Crippen LogP contribution in [0.1, 0.15) is 183 Å². The maximum absolute atomic E-state index is 14.1. The molecule has 4 saturated heterocycles. The van der Waals surface area contributed by atoms with Crippen LogP contribution < -0.4 is 26.6 Å². The summed E-state index contributed by atoms with van der Waals surface area (Å²) in [6, 6.07) is 61.2. The van der Waals surface area contributed by atoms with Crippen molar-refractivity contribution in [3.8, 4) is 0 Å². The number of nitrogens with zero attached hydrogens (tertiary/aromatic N) is 8. The first-order chi connectivity index (χ1) is 60.1. The van der Waals surface area contributed by atoms with Gasteiger partial charge in [0.15, 0.2) is 11.6 Å². The molecule has 8 aromatic rings. The van der Waals surface area contributed by atoms with Gasteiger partial charge in [-0.2, -0.15) is 0 Å². The Balaban J connectivity index is 0.000000189. The van der Waals surface area contributed by atoms with Crippen LogP contribution in [0.4, 0.5) is 65.2 Å². The number of hydrogen-bond donors (Lipinski definition) is 5. The number of hydrogen-bond acceptors (Lipinski definition) is 14. The summed E-state index contributed by atoms with van der Waals surface area (Å²) in [4.78, 5) is 102. The van der Waals surface area contributed by atoms with E-state index in [1.807, 2.05) is 119 Å². The van der Waals surface area contributed by atoms with E-state index in [2.05, 4.69) is 99.9 Å². The number of nitro groups is 1. The van der Waals surface area contributed by atoms with E-state index in [1.165, 1.54) is 76.1 Å². The van der Waals surface area contributed by atoms with Crippen LogP contribution in [0.15, 0.2) is 206 Å². The van der Waals surface area contributed by atoms with Gasteiger partial charge in [0.2, 0.25) is 0 Å². The second-order valence-corrected chi connectivity index (χ2v) is 33.1. The first kappa shape index (κ1) is 97.5. The number of halogens is 4. The third kappa shape index (κ3) is 30.5. The highest BCUT2D eigenvalue weighted by Crippen LogP contribution is 2.33. The summed E-state index contributed by atoms with van der Waals surface area (Å²) in [5, 5.41) is 25.3. The summed E-state index contributed by atoms with van der Waals surface area (Å²) in [7, 11) is 1.35. The fourth-order valence-electron chi connectivity index (χ4n) is 16.8. The normalized spacial score (nSPS) is 16.8. The Morgan fingerprint density at radius 3 is 1.35 bits per heavy atom. The Bertz CT molecular complexity index is 4670. The highest BCUT2D eigenvalue weighted by molar-refractivity contribution is 5.93. The molecular weight excluding hydrogens is 1600 g/mol. The van der Waals surface area contributed by atoms with E-state index in [9.17, 15) is 56.4 Å². The lowest BCUT2D eigenvalue weighted by Gasteiger charge is -2.40. The van der Waals surface area contributed by atoms with E-state index < -0.39 is 52.6 Å². The number of urea groups is 4. The van der Waals surface area contributed by atoms with Crippen LogP contribution in [0.3, 0.4) is 0 Å². The molecule has 4 heterocycles. The highest BCUT2D eigenvalue weighted by atomic mass is 19.3. The van der Waals surface area contributed by atoms with Crippen molar-refractivity contribution >= 4 is 64.5 Å². The monoisotopic (exact) mass is 1720 g/mol. The molecule has 12 rings (SSSR count). The first-order valence-corrected chi connectivity index (χ1v) is 44.0. The third-order valence-electron chi connectivity index (χ3n) is 23.8. The van der Waals surface area contributed by atoms with E-state index in [4.69, 9.17) is 9.47 Å². The molecule has 8 amide bonds. The molecule has 0 saturated carbocycles. The van der Waals surface area contributed by atoms with E-state index in [0.717, 1.165) is 139 Å². The van der Waals surface area contributed by atoms with Crippen LogP contribution in [0.5, 0.6) is 0 Å². The Morgan fingerprint density at radius 2 is 0.928 bits per heavy atom. The number of piperidine rings is 4. The zero-order valence-electron chi connectivity index (χ0n) is 74.1. The fourth-order valence-corrected chi connectivity index (χ4v) is 16.8. The molecular formula is C98H127F4N13O10. The SMILES string of the molecule is CC(=O)O[C@H]1CN(Cc2ccccc2)CC[C@@H]1NC(=O)Nc1cccc(C(C)(F)F)c1.CCCC(C)N1CCC(N(Cc2ccccc2)C(=O)Nc2ccc(C(=O)OC)cc2)CC1.CCCC(C)N1CCC(N(Cc2ccccc2)C(=O)Nc2cccc(F)c2F)CC1.CCCC(C)N1CCC(N(Cc2ccccc2)C(=O)Nc2cccc([N+](=O)[O-])c2C)CC1. The lowest BCUT2D eigenvalue weighted by Crippen LogP contribution is -2.55. The van der Waals surface area contributed by atoms with Gasteiger partial charge in [0, 0.05) is 152 Å². The minimum absolute atomic E-state index is 0.00984. The van der Waals surface area contributed by atoms with Gasteiger partial charge in [-0.15, -0.1) is 0 Å². The topological polar surface area (TPSA) is 247 Å². The van der Waals surface area contributed by atoms with Gasteiger partial charge >= 0.3 is 36.1 Å². The van der Waals surface area contributed by atoms with Gasteiger partial charge in [-0.25, -0.2) is 41.5 Å². The Kier molecular flexibility index (Phi) is 38.6. The maximum atomic E-state index is 14.1. The van der Waals surface area contributed by atoms with Crippen molar-refractivity contribution in [1.29, 1.82) is 0 Å². The molecule has 5 N–H and O–H groups in total. The molecule has 3 unspecified atom stereocenters. The fraction of sp³-hybridized carbons (Fsp3) is 0.449. The lowest BCUT2D eigenvalue weighted by molar-refractivity contribution is -0.385. The van der Waals surface area contributed by atoms with Crippen molar-refractivity contribution in [2.45, 2.75) is 226 Å². The molecule has 4 aliphatic rings. The van der Waals surface area contributed by atoms with Gasteiger partial charge in [-0.1, -0.05) is 186 Å². The van der Waals surface area contributed by atoms with Crippen molar-refractivity contribution in [3.05, 3.63) is 267 Å². The van der Waals surface area contributed by atoms with Gasteiger partial charge < -0.3 is 65.5 Å². The molecule has 672 valence electrons. The number of carbonyl (C=O) groups excluding carboxylic acids is 6. The Hall–Kier alpha value is -11.3. The van der Waals surface area contributed by atoms with E-state index >= 15 is 0 Å². The summed E-state index contributed by atoms with van der Waals surface area (Å²) < 4.78 is 64.9. The molecule has 125 heavy (non-hydrogen) atoms. The molecule has 4 fully saturated rings. The number of ether oxygens (including phenoxy) is 2. The van der Waals surface area contributed by atoms with Gasteiger partial charge in [0.25, 0.3) is 11.6 Å². The summed E-state index contributed by atoms with van der Waals surface area (Å²) >= 11 is 0. The maximum Gasteiger partial charge on any atom is 0.337 e. The van der Waals surface area contributed by atoms with Gasteiger partial charge in [0.05, 0.1) is 40.6 Å². The smallest absolute Gasteiger partial charge is 0.337 e. The number of methoxy groups -OCH3 is 1. The van der Waals surface area contributed by atoms with Crippen LogP contribution in [-0.2, 0) is 46.4 Å².